The van der Waals surface area contributed by atoms with E-state index in [0.29, 0.717) is 25.4 Å². The van der Waals surface area contributed by atoms with Crippen LogP contribution in [0, 0.1) is 17.0 Å². The molecule has 142 valence electrons. The molecule has 8 heteroatoms. The van der Waals surface area contributed by atoms with Crippen molar-refractivity contribution < 1.29 is 14.5 Å². The molecule has 1 atom stereocenters. The standard InChI is InChI=1S/C19H22N4O4/c1-14-18(9-16(10-20-14)23(25)26)19(24)21-11-17-13-22(7-8-27-17)12-15-5-3-2-4-6-15/h2-6,9-10,17H,7-8,11-13H2,1H3,(H,21,24). The first kappa shape index (κ1) is 18.9. The van der Waals surface area contributed by atoms with Gasteiger partial charge in [-0.05, 0) is 12.5 Å². The van der Waals surface area contributed by atoms with E-state index in [-0.39, 0.29) is 23.3 Å². The third-order valence-electron chi connectivity index (χ3n) is 4.49. The normalized spacial score (nSPS) is 17.4. The molecule has 1 N–H and O–H groups in total. The molecule has 1 aromatic carbocycles. The smallest absolute Gasteiger partial charge is 0.288 e. The first-order valence-electron chi connectivity index (χ1n) is 8.80. The quantitative estimate of drug-likeness (QED) is 0.616. The number of aromatic nitrogens is 1. The molecule has 0 aliphatic carbocycles. The van der Waals surface area contributed by atoms with Crippen LogP contribution >= 0.6 is 0 Å². The van der Waals surface area contributed by atoms with Crippen molar-refractivity contribution in [2.45, 2.75) is 19.6 Å². The van der Waals surface area contributed by atoms with Crippen LogP contribution in [-0.4, -0.2) is 53.1 Å². The van der Waals surface area contributed by atoms with Crippen LogP contribution in [0.5, 0.6) is 0 Å². The predicted molar refractivity (Wildman–Crippen MR) is 99.4 cm³/mol. The van der Waals surface area contributed by atoms with Crippen LogP contribution in [0.4, 0.5) is 5.69 Å². The van der Waals surface area contributed by atoms with E-state index in [1.54, 1.807) is 6.92 Å². The summed E-state index contributed by atoms with van der Waals surface area (Å²) in [7, 11) is 0. The SMILES string of the molecule is Cc1ncc([N+](=O)[O-])cc1C(=O)NCC1CN(Cc2ccccc2)CCO1. The van der Waals surface area contributed by atoms with Crippen LogP contribution in [-0.2, 0) is 11.3 Å². The van der Waals surface area contributed by atoms with Gasteiger partial charge in [0, 0.05) is 32.2 Å². The molecule has 1 aliphatic rings. The molecule has 1 aromatic heterocycles. The lowest BCUT2D eigenvalue weighted by molar-refractivity contribution is -0.385. The van der Waals surface area contributed by atoms with Gasteiger partial charge in [-0.3, -0.25) is 24.8 Å². The second-order valence-electron chi connectivity index (χ2n) is 6.51. The molecule has 0 saturated carbocycles. The van der Waals surface area contributed by atoms with E-state index < -0.39 is 4.92 Å². The molecule has 2 aromatic rings. The van der Waals surface area contributed by atoms with Crippen molar-refractivity contribution in [1.29, 1.82) is 0 Å². The highest BCUT2D eigenvalue weighted by Crippen LogP contribution is 2.15. The number of aryl methyl sites for hydroxylation is 1. The maximum absolute atomic E-state index is 12.4. The molecule has 1 unspecified atom stereocenters. The molecule has 3 rings (SSSR count). The van der Waals surface area contributed by atoms with Gasteiger partial charge in [-0.25, -0.2) is 0 Å². The lowest BCUT2D eigenvalue weighted by Crippen LogP contribution is -2.47. The fourth-order valence-electron chi connectivity index (χ4n) is 3.04. The highest BCUT2D eigenvalue weighted by atomic mass is 16.6. The number of morpholine rings is 1. The van der Waals surface area contributed by atoms with Gasteiger partial charge in [0.2, 0.25) is 0 Å². The van der Waals surface area contributed by atoms with Gasteiger partial charge < -0.3 is 10.1 Å². The van der Waals surface area contributed by atoms with Crippen molar-refractivity contribution in [2.24, 2.45) is 0 Å². The highest BCUT2D eigenvalue weighted by Gasteiger charge is 2.22. The lowest BCUT2D eigenvalue weighted by Gasteiger charge is -2.33. The van der Waals surface area contributed by atoms with Gasteiger partial charge in [0.05, 0.1) is 28.9 Å². The number of hydrogen-bond acceptors (Lipinski definition) is 6. The van der Waals surface area contributed by atoms with Crippen LogP contribution in [0.2, 0.25) is 0 Å². The van der Waals surface area contributed by atoms with Crippen molar-refractivity contribution in [3.8, 4) is 0 Å². The third-order valence-corrected chi connectivity index (χ3v) is 4.49. The zero-order chi connectivity index (χ0) is 19.2. The number of pyridine rings is 1. The zero-order valence-electron chi connectivity index (χ0n) is 15.1. The summed E-state index contributed by atoms with van der Waals surface area (Å²) in [6.07, 6.45) is 1.02. The van der Waals surface area contributed by atoms with E-state index >= 15 is 0 Å². The van der Waals surface area contributed by atoms with Crippen molar-refractivity contribution >= 4 is 11.6 Å². The summed E-state index contributed by atoms with van der Waals surface area (Å²) in [5, 5.41) is 13.7. The van der Waals surface area contributed by atoms with Crippen molar-refractivity contribution in [3.63, 3.8) is 0 Å². The van der Waals surface area contributed by atoms with Crippen molar-refractivity contribution in [3.05, 3.63) is 69.5 Å². The largest absolute Gasteiger partial charge is 0.374 e. The molecular weight excluding hydrogens is 348 g/mol. The first-order chi connectivity index (χ1) is 13.0. The molecule has 1 saturated heterocycles. The maximum Gasteiger partial charge on any atom is 0.288 e. The van der Waals surface area contributed by atoms with Crippen LogP contribution < -0.4 is 5.32 Å². The summed E-state index contributed by atoms with van der Waals surface area (Å²) >= 11 is 0. The summed E-state index contributed by atoms with van der Waals surface area (Å²) in [6, 6.07) is 11.5. The number of ether oxygens (including phenoxy) is 1. The van der Waals surface area contributed by atoms with Gasteiger partial charge in [-0.15, -0.1) is 0 Å². The van der Waals surface area contributed by atoms with E-state index in [2.05, 4.69) is 27.3 Å². The van der Waals surface area contributed by atoms with Gasteiger partial charge in [-0.2, -0.15) is 0 Å². The van der Waals surface area contributed by atoms with Crippen LogP contribution in [0.15, 0.2) is 42.6 Å². The zero-order valence-corrected chi connectivity index (χ0v) is 15.1. The minimum Gasteiger partial charge on any atom is -0.374 e. The molecular formula is C19H22N4O4. The fourth-order valence-corrected chi connectivity index (χ4v) is 3.04. The Kier molecular flexibility index (Phi) is 6.10. The Bertz CT molecular complexity index is 813. The molecule has 8 nitrogen and oxygen atoms in total. The summed E-state index contributed by atoms with van der Waals surface area (Å²) in [5.41, 5.74) is 1.70. The summed E-state index contributed by atoms with van der Waals surface area (Å²) < 4.78 is 5.74. The Morgan fingerprint density at radius 3 is 2.93 bits per heavy atom. The van der Waals surface area contributed by atoms with Gasteiger partial charge in [0.25, 0.3) is 11.6 Å². The summed E-state index contributed by atoms with van der Waals surface area (Å²) in [6.45, 7) is 4.98. The van der Waals surface area contributed by atoms with Gasteiger partial charge in [-0.1, -0.05) is 30.3 Å². The maximum atomic E-state index is 12.4. The molecule has 0 radical (unpaired) electrons. The van der Waals surface area contributed by atoms with E-state index in [1.165, 1.54) is 11.6 Å². The van der Waals surface area contributed by atoms with Crippen molar-refractivity contribution in [1.82, 2.24) is 15.2 Å². The second-order valence-corrected chi connectivity index (χ2v) is 6.51. The topological polar surface area (TPSA) is 97.6 Å². The number of nitrogens with zero attached hydrogens (tertiary/aromatic N) is 3. The van der Waals surface area contributed by atoms with Crippen LogP contribution in [0.1, 0.15) is 21.6 Å². The number of rotatable bonds is 6. The average molecular weight is 370 g/mol. The summed E-state index contributed by atoms with van der Waals surface area (Å²) in [5.74, 6) is -0.382. The molecule has 0 bridgehead atoms. The van der Waals surface area contributed by atoms with Gasteiger partial charge in [0.15, 0.2) is 0 Å². The molecule has 0 spiro atoms. The summed E-state index contributed by atoms with van der Waals surface area (Å²) in [4.78, 5) is 29.0. The number of hydrogen-bond donors (Lipinski definition) is 1. The number of carbonyl (C=O) groups excluding carboxylic acids is 1. The number of amides is 1. The minimum atomic E-state index is -0.561. The Hall–Kier alpha value is -2.84. The van der Waals surface area contributed by atoms with E-state index in [9.17, 15) is 14.9 Å². The van der Waals surface area contributed by atoms with Gasteiger partial charge >= 0.3 is 0 Å². The van der Waals surface area contributed by atoms with E-state index in [4.69, 9.17) is 4.74 Å². The number of carbonyl (C=O) groups is 1. The Morgan fingerprint density at radius 2 is 2.19 bits per heavy atom. The first-order valence-corrected chi connectivity index (χ1v) is 8.80. The van der Waals surface area contributed by atoms with E-state index in [0.717, 1.165) is 19.3 Å². The lowest BCUT2D eigenvalue weighted by atomic mass is 10.1. The number of benzene rings is 1. The van der Waals surface area contributed by atoms with E-state index in [1.807, 2.05) is 18.2 Å². The molecule has 1 amide bonds. The van der Waals surface area contributed by atoms with Crippen molar-refractivity contribution in [2.75, 3.05) is 26.2 Å². The average Bonchev–Trinajstić information content (AvgIpc) is 2.67. The Balaban J connectivity index is 1.55. The minimum absolute atomic E-state index is 0.127. The highest BCUT2D eigenvalue weighted by molar-refractivity contribution is 5.95. The molecule has 1 fully saturated rings. The number of nitrogens with one attached hydrogen (secondary N) is 1. The molecule has 27 heavy (non-hydrogen) atoms. The second kappa shape index (κ2) is 8.70. The van der Waals surface area contributed by atoms with Gasteiger partial charge in [0.1, 0.15) is 6.20 Å². The van der Waals surface area contributed by atoms with Crippen LogP contribution in [0.3, 0.4) is 0 Å². The number of nitro groups is 1. The monoisotopic (exact) mass is 370 g/mol. The Labute approximate surface area is 157 Å². The Morgan fingerprint density at radius 1 is 1.41 bits per heavy atom. The molecule has 1 aliphatic heterocycles. The fraction of sp³-hybridized carbons (Fsp3) is 0.368. The van der Waals surface area contributed by atoms with Crippen LogP contribution in [0.25, 0.3) is 0 Å². The third kappa shape index (κ3) is 5.08. The predicted octanol–water partition coefficient (Wildman–Crippen LogP) is 1.93. The molecule has 2 heterocycles.